The van der Waals surface area contributed by atoms with Gasteiger partial charge in [-0.25, -0.2) is 17.8 Å². The Morgan fingerprint density at radius 2 is 2.05 bits per heavy atom. The molecule has 2 atom stereocenters. The zero-order valence-electron chi connectivity index (χ0n) is 20.7. The molecular formula is C25H27F4N5O3S. The molecule has 0 bridgehead atoms. The van der Waals surface area contributed by atoms with E-state index in [0.29, 0.717) is 24.3 Å². The zero-order valence-corrected chi connectivity index (χ0v) is 21.5. The summed E-state index contributed by atoms with van der Waals surface area (Å²) in [7, 11) is -2.04. The van der Waals surface area contributed by atoms with Crippen molar-refractivity contribution >= 4 is 26.9 Å². The number of anilines is 2. The van der Waals surface area contributed by atoms with Crippen molar-refractivity contribution in [2.75, 3.05) is 43.6 Å². The molecule has 0 aliphatic carbocycles. The number of rotatable bonds is 7. The molecule has 3 N–H and O–H groups in total. The third-order valence-corrected chi connectivity index (χ3v) is 7.15. The first kappa shape index (κ1) is 27.5. The number of hydrogen-bond acceptors (Lipinski definition) is 7. The van der Waals surface area contributed by atoms with Crippen molar-refractivity contribution in [3.63, 3.8) is 0 Å². The van der Waals surface area contributed by atoms with Crippen LogP contribution in [0.3, 0.4) is 0 Å². The van der Waals surface area contributed by atoms with Crippen LogP contribution in [0.4, 0.5) is 28.9 Å². The number of benzene rings is 1. The Morgan fingerprint density at radius 3 is 2.74 bits per heavy atom. The predicted octanol–water partition coefficient (Wildman–Crippen LogP) is 3.43. The van der Waals surface area contributed by atoms with Gasteiger partial charge in [-0.15, -0.1) is 0 Å². The van der Waals surface area contributed by atoms with Crippen molar-refractivity contribution in [1.82, 2.24) is 14.7 Å². The Morgan fingerprint density at radius 1 is 1.26 bits per heavy atom. The number of aromatic nitrogens is 2. The lowest BCUT2D eigenvalue weighted by atomic mass is 10.0. The number of sulfone groups is 1. The number of nitrogens with zero attached hydrogens (tertiary/aromatic N) is 2. The van der Waals surface area contributed by atoms with E-state index in [1.54, 1.807) is 12.1 Å². The number of methoxy groups -OCH3 is 1. The van der Waals surface area contributed by atoms with E-state index in [4.69, 9.17) is 4.74 Å². The van der Waals surface area contributed by atoms with Gasteiger partial charge in [0.25, 0.3) is 0 Å². The van der Waals surface area contributed by atoms with Crippen molar-refractivity contribution < 1.29 is 30.7 Å². The summed E-state index contributed by atoms with van der Waals surface area (Å²) in [6.07, 6.45) is -3.82. The molecular weight excluding hydrogens is 526 g/mol. The Bertz CT molecular complexity index is 1480. The normalized spacial score (nSPS) is 18.1. The molecule has 1 fully saturated rings. The molecule has 0 amide bonds. The molecule has 1 saturated heterocycles. The first-order chi connectivity index (χ1) is 18.0. The summed E-state index contributed by atoms with van der Waals surface area (Å²) in [5.41, 5.74) is 0.954. The van der Waals surface area contributed by atoms with Crippen molar-refractivity contribution in [1.29, 1.82) is 0 Å². The zero-order chi connectivity index (χ0) is 27.5. The maximum atomic E-state index is 14.4. The van der Waals surface area contributed by atoms with Crippen LogP contribution >= 0.6 is 0 Å². The minimum Gasteiger partial charge on any atom is -0.495 e. The summed E-state index contributed by atoms with van der Waals surface area (Å²) in [4.78, 5) is 4.46. The number of pyridine rings is 1. The van der Waals surface area contributed by atoms with Crippen LogP contribution in [0, 0.1) is 11.8 Å². The lowest BCUT2D eigenvalue weighted by molar-refractivity contribution is -0.128. The van der Waals surface area contributed by atoms with Crippen LogP contribution < -0.4 is 20.7 Å². The van der Waals surface area contributed by atoms with E-state index in [2.05, 4.69) is 32.8 Å². The number of halogens is 4. The minimum atomic E-state index is -4.50. The highest BCUT2D eigenvalue weighted by Crippen LogP contribution is 2.29. The number of ether oxygens (including phenoxy) is 1. The van der Waals surface area contributed by atoms with E-state index in [-0.39, 0.29) is 40.8 Å². The Kier molecular flexibility index (Phi) is 8.03. The summed E-state index contributed by atoms with van der Waals surface area (Å²) in [5, 5.41) is 9.04. The maximum absolute atomic E-state index is 14.4. The van der Waals surface area contributed by atoms with Gasteiger partial charge in [-0.1, -0.05) is 5.92 Å². The van der Waals surface area contributed by atoms with E-state index in [9.17, 15) is 26.0 Å². The van der Waals surface area contributed by atoms with Gasteiger partial charge in [-0.2, -0.15) is 13.2 Å². The fourth-order valence-electron chi connectivity index (χ4n) is 4.19. The number of piperidine rings is 1. The first-order valence-corrected chi connectivity index (χ1v) is 13.6. The fraction of sp³-hybridized carbons (Fsp3) is 0.400. The second-order valence-corrected chi connectivity index (χ2v) is 10.9. The molecule has 38 heavy (non-hydrogen) atoms. The van der Waals surface area contributed by atoms with E-state index >= 15 is 0 Å². The summed E-state index contributed by atoms with van der Waals surface area (Å²) < 4.78 is 84.8. The standard InChI is InChI=1S/C25H27F4N5O3S/c1-37-23-13-16(38(2,35)36)7-8-20(23)31-10-3-5-19-22(14-25(27,28)29)34-12-4-6-21(24(34)33-19)32-18-9-11-30-15-17(18)26/h4,6-8,12-13,17-18,30-32H,9-11,14-15H2,1-2H3/t17-,18+/m0/s1. The lowest BCUT2D eigenvalue weighted by Gasteiger charge is -2.28. The van der Waals surface area contributed by atoms with Gasteiger partial charge in [0.1, 0.15) is 17.6 Å². The molecule has 8 nitrogen and oxygen atoms in total. The summed E-state index contributed by atoms with van der Waals surface area (Å²) in [5.74, 6) is 5.77. The van der Waals surface area contributed by atoms with Crippen LogP contribution in [0.1, 0.15) is 17.8 Å². The number of fused-ring (bicyclic) bond motifs is 1. The Hall–Kier alpha value is -3.50. The lowest BCUT2D eigenvalue weighted by Crippen LogP contribution is -2.45. The molecule has 2 aromatic heterocycles. The molecule has 0 saturated carbocycles. The number of alkyl halides is 4. The second-order valence-electron chi connectivity index (χ2n) is 8.86. The first-order valence-electron chi connectivity index (χ1n) is 11.7. The van der Waals surface area contributed by atoms with Crippen LogP contribution in [0.5, 0.6) is 5.75 Å². The average molecular weight is 554 g/mol. The largest absolute Gasteiger partial charge is 0.495 e. The summed E-state index contributed by atoms with van der Waals surface area (Å²) in [6, 6.07) is 7.04. The third-order valence-electron chi connectivity index (χ3n) is 6.04. The quantitative estimate of drug-likeness (QED) is 0.305. The highest BCUT2D eigenvalue weighted by Gasteiger charge is 2.32. The van der Waals surface area contributed by atoms with E-state index in [0.717, 1.165) is 6.26 Å². The summed E-state index contributed by atoms with van der Waals surface area (Å²) >= 11 is 0. The van der Waals surface area contributed by atoms with Crippen LogP contribution in [0.25, 0.3) is 5.65 Å². The number of nitrogens with one attached hydrogen (secondary N) is 3. The third kappa shape index (κ3) is 6.49. The van der Waals surface area contributed by atoms with Crippen molar-refractivity contribution in [3.05, 3.63) is 47.9 Å². The van der Waals surface area contributed by atoms with Crippen LogP contribution in [-0.4, -0.2) is 69.2 Å². The van der Waals surface area contributed by atoms with Crippen molar-refractivity contribution in [2.45, 2.75) is 36.1 Å². The van der Waals surface area contributed by atoms with Gasteiger partial charge >= 0.3 is 6.18 Å². The van der Waals surface area contributed by atoms with Gasteiger partial charge in [0.15, 0.2) is 15.5 Å². The van der Waals surface area contributed by atoms with Gasteiger partial charge in [0.2, 0.25) is 0 Å². The molecule has 0 unspecified atom stereocenters. The van der Waals surface area contributed by atoms with Crippen LogP contribution in [0.2, 0.25) is 0 Å². The van der Waals surface area contributed by atoms with Gasteiger partial charge in [0.05, 0.1) is 48.1 Å². The van der Waals surface area contributed by atoms with Crippen molar-refractivity contribution in [3.8, 4) is 17.6 Å². The number of imidazole rings is 1. The number of hydrogen-bond donors (Lipinski definition) is 3. The Labute approximate surface area is 217 Å². The molecule has 204 valence electrons. The molecule has 13 heteroatoms. The fourth-order valence-corrected chi connectivity index (χ4v) is 4.82. The Balaban J connectivity index is 1.61. The van der Waals surface area contributed by atoms with Gasteiger partial charge < -0.3 is 25.1 Å². The van der Waals surface area contributed by atoms with E-state index in [1.165, 1.54) is 35.9 Å². The molecule has 1 aliphatic rings. The SMILES string of the molecule is COc1cc(S(C)(=O)=O)ccc1NCC#Cc1nc2c(N[C@@H]3CCNC[C@@H]3F)cccn2c1CC(F)(F)F. The minimum absolute atomic E-state index is 0.0254. The van der Waals surface area contributed by atoms with Crippen LogP contribution in [-0.2, 0) is 16.3 Å². The molecule has 0 spiro atoms. The van der Waals surface area contributed by atoms with Gasteiger partial charge in [-0.05, 0) is 43.2 Å². The topological polar surface area (TPSA) is 96.8 Å². The van der Waals surface area contributed by atoms with Gasteiger partial charge in [-0.3, -0.25) is 0 Å². The molecule has 3 heterocycles. The molecule has 3 aromatic rings. The van der Waals surface area contributed by atoms with Gasteiger partial charge in [0, 0.05) is 25.1 Å². The summed E-state index contributed by atoms with van der Waals surface area (Å²) in [6.45, 7) is 0.845. The average Bonchev–Trinajstić information content (AvgIpc) is 3.19. The predicted molar refractivity (Wildman–Crippen MR) is 136 cm³/mol. The van der Waals surface area contributed by atoms with E-state index in [1.807, 2.05) is 0 Å². The van der Waals surface area contributed by atoms with E-state index < -0.39 is 34.6 Å². The van der Waals surface area contributed by atoms with Crippen molar-refractivity contribution in [2.24, 2.45) is 0 Å². The maximum Gasteiger partial charge on any atom is 0.394 e. The highest BCUT2D eigenvalue weighted by atomic mass is 32.2. The molecule has 1 aromatic carbocycles. The smallest absolute Gasteiger partial charge is 0.394 e. The monoisotopic (exact) mass is 553 g/mol. The second kappa shape index (κ2) is 11.1. The highest BCUT2D eigenvalue weighted by molar-refractivity contribution is 7.90. The molecule has 0 radical (unpaired) electrons. The molecule has 4 rings (SSSR count). The molecule has 1 aliphatic heterocycles. The van der Waals surface area contributed by atoms with Crippen LogP contribution in [0.15, 0.2) is 41.4 Å².